The van der Waals surface area contributed by atoms with Crippen molar-refractivity contribution < 1.29 is 23.1 Å². The maximum Gasteiger partial charge on any atom is 0.280 e. The number of alkyl halides is 2. The lowest BCUT2D eigenvalue weighted by molar-refractivity contribution is -0.122. The van der Waals surface area contributed by atoms with Crippen LogP contribution in [0.1, 0.15) is 67.9 Å². The van der Waals surface area contributed by atoms with E-state index in [0.29, 0.717) is 29.0 Å². The Bertz CT molecular complexity index is 1590. The first kappa shape index (κ1) is 29.1. The van der Waals surface area contributed by atoms with Crippen molar-refractivity contribution >= 4 is 34.6 Å². The second-order valence-electron chi connectivity index (χ2n) is 11.1. The fourth-order valence-electron chi connectivity index (χ4n) is 5.57. The van der Waals surface area contributed by atoms with Crippen molar-refractivity contribution in [3.05, 3.63) is 47.4 Å². The lowest BCUT2D eigenvalue weighted by Gasteiger charge is -2.25. The number of hydrogen-bond acceptors (Lipinski definition) is 8. The van der Waals surface area contributed by atoms with Gasteiger partial charge in [0.2, 0.25) is 5.91 Å². The third-order valence-corrected chi connectivity index (χ3v) is 9.30. The maximum atomic E-state index is 13.8. The minimum Gasteiger partial charge on any atom is -0.494 e. The number of anilines is 1. The van der Waals surface area contributed by atoms with Crippen molar-refractivity contribution in [3.63, 3.8) is 0 Å². The van der Waals surface area contributed by atoms with Crippen LogP contribution in [0.15, 0.2) is 41.3 Å². The second-order valence-corrected chi connectivity index (χ2v) is 12.2. The number of nitrogens with one attached hydrogen (secondary N) is 1. The summed E-state index contributed by atoms with van der Waals surface area (Å²) in [4.78, 5) is 37.6. The lowest BCUT2D eigenvalue weighted by atomic mass is 9.92. The van der Waals surface area contributed by atoms with E-state index in [4.69, 9.17) is 4.74 Å². The Morgan fingerprint density at radius 2 is 2.00 bits per heavy atom. The summed E-state index contributed by atoms with van der Waals surface area (Å²) in [5.74, 6) is 6.86. The van der Waals surface area contributed by atoms with Crippen LogP contribution in [0.5, 0.6) is 5.75 Å². The van der Waals surface area contributed by atoms with Crippen molar-refractivity contribution in [1.82, 2.24) is 20.3 Å². The molecule has 1 unspecified atom stereocenters. The molecule has 1 spiro atoms. The van der Waals surface area contributed by atoms with Gasteiger partial charge in [0.05, 0.1) is 24.3 Å². The largest absolute Gasteiger partial charge is 0.494 e. The highest BCUT2D eigenvalue weighted by molar-refractivity contribution is 8.14. The van der Waals surface area contributed by atoms with Gasteiger partial charge in [0.15, 0.2) is 10.5 Å². The molecule has 2 saturated carbocycles. The summed E-state index contributed by atoms with van der Waals surface area (Å²) in [6.07, 6.45) is 7.16. The Morgan fingerprint density at radius 1 is 1.21 bits per heavy atom. The fourth-order valence-corrected chi connectivity index (χ4v) is 6.44. The molecule has 4 heterocycles. The average molecular weight is 607 g/mol. The zero-order valence-corrected chi connectivity index (χ0v) is 25.0. The topological polar surface area (TPSA) is 100 Å². The van der Waals surface area contributed by atoms with Crippen molar-refractivity contribution in [2.45, 2.75) is 57.2 Å². The zero-order chi connectivity index (χ0) is 30.3. The summed E-state index contributed by atoms with van der Waals surface area (Å²) < 4.78 is 33.0. The van der Waals surface area contributed by atoms with Crippen LogP contribution in [0, 0.1) is 23.2 Å². The Balaban J connectivity index is 1.37. The van der Waals surface area contributed by atoms with E-state index in [1.807, 2.05) is 13.0 Å². The number of hydrazone groups is 1. The quantitative estimate of drug-likeness (QED) is 0.361. The molecule has 3 fully saturated rings. The number of aromatic nitrogens is 2. The molecule has 0 radical (unpaired) electrons. The third-order valence-electron chi connectivity index (χ3n) is 8.25. The van der Waals surface area contributed by atoms with Crippen LogP contribution in [0.25, 0.3) is 11.1 Å². The summed E-state index contributed by atoms with van der Waals surface area (Å²) >= 11 is 1.32. The van der Waals surface area contributed by atoms with E-state index in [9.17, 15) is 18.4 Å². The highest BCUT2D eigenvalue weighted by Crippen LogP contribution is 2.56. The van der Waals surface area contributed by atoms with Gasteiger partial charge in [0.1, 0.15) is 17.3 Å². The van der Waals surface area contributed by atoms with Gasteiger partial charge in [-0.15, -0.1) is 0 Å². The van der Waals surface area contributed by atoms with E-state index in [1.165, 1.54) is 37.3 Å². The Labute approximate surface area is 253 Å². The molecule has 6 rings (SSSR count). The number of nitrogens with zero attached hydrogens (tertiary/aromatic N) is 5. The summed E-state index contributed by atoms with van der Waals surface area (Å²) in [6, 6.07) is 2.82. The van der Waals surface area contributed by atoms with E-state index in [0.717, 1.165) is 44.1 Å². The van der Waals surface area contributed by atoms with Crippen LogP contribution in [-0.4, -0.2) is 58.0 Å². The third kappa shape index (κ3) is 5.70. The van der Waals surface area contributed by atoms with Gasteiger partial charge in [0, 0.05) is 36.8 Å². The molecule has 1 N–H and O–H groups in total. The number of carbonyl (C=O) groups excluding carboxylic acids is 2. The normalized spacial score (nSPS) is 21.9. The van der Waals surface area contributed by atoms with Crippen LogP contribution in [0.4, 0.5) is 14.6 Å². The number of ether oxygens (including phenoxy) is 1. The molecule has 2 aliphatic carbocycles. The summed E-state index contributed by atoms with van der Waals surface area (Å²) in [5.41, 5.74) is 0.820. The van der Waals surface area contributed by atoms with Crippen LogP contribution >= 0.6 is 11.8 Å². The number of hydrogen-bond donors (Lipinski definition) is 1. The maximum absolute atomic E-state index is 13.8. The molecule has 0 bridgehead atoms. The predicted octanol–water partition coefficient (Wildman–Crippen LogP) is 5.36. The highest BCUT2D eigenvalue weighted by atomic mass is 32.2. The Kier molecular flexibility index (Phi) is 7.85. The zero-order valence-electron chi connectivity index (χ0n) is 24.2. The van der Waals surface area contributed by atoms with Gasteiger partial charge in [0.25, 0.3) is 12.3 Å². The van der Waals surface area contributed by atoms with Crippen molar-refractivity contribution in [2.24, 2.45) is 16.4 Å². The molecular weight excluding hydrogens is 574 g/mol. The van der Waals surface area contributed by atoms with Gasteiger partial charge < -0.3 is 4.74 Å². The van der Waals surface area contributed by atoms with E-state index in [2.05, 4.69) is 32.2 Å². The molecule has 2 aromatic rings. The van der Waals surface area contributed by atoms with Crippen LogP contribution in [0.3, 0.4) is 0 Å². The smallest absolute Gasteiger partial charge is 0.280 e. The SMILES string of the molecule is C/C=C1/CCCN(c2cc(-c3cc(C(F)F)ncc3OC)c(C(=O)NC3=NN(C)C(C#CC4CC4)S3)cn2)C(=O)C12CC2. The molecule has 4 aliphatic rings. The monoisotopic (exact) mass is 606 g/mol. The fraction of sp³-hybridized carbons (Fsp3) is 0.452. The predicted molar refractivity (Wildman–Crippen MR) is 161 cm³/mol. The molecule has 2 aromatic heterocycles. The van der Waals surface area contributed by atoms with Crippen LogP contribution in [0.2, 0.25) is 0 Å². The number of allylic oxidation sites excluding steroid dienone is 1. The van der Waals surface area contributed by atoms with Crippen molar-refractivity contribution in [3.8, 4) is 28.7 Å². The standard InChI is InChI=1S/C31H32F2N6O3S/c1-4-19-6-5-13-39(29(41)31(19)11-12-31)25-15-20(21-14-23(27(32)33)34-17-24(21)42-3)22(16-35-25)28(40)36-30-37-38(2)26(43-30)10-9-18-7-8-18/h4,14-18,26-27H,5-8,11-13H2,1-3H3,(H,36,37,40)/b19-4-. The average Bonchev–Trinajstić information content (AvgIpc) is 3.94. The number of rotatable bonds is 5. The molecule has 2 amide bonds. The van der Waals surface area contributed by atoms with Crippen molar-refractivity contribution in [2.75, 3.05) is 25.6 Å². The first-order valence-electron chi connectivity index (χ1n) is 14.3. The van der Waals surface area contributed by atoms with E-state index < -0.39 is 23.4 Å². The van der Waals surface area contributed by atoms with Gasteiger partial charge in [-0.05, 0) is 69.3 Å². The summed E-state index contributed by atoms with van der Waals surface area (Å²) in [7, 11) is 3.19. The van der Waals surface area contributed by atoms with Gasteiger partial charge in [-0.1, -0.05) is 23.5 Å². The van der Waals surface area contributed by atoms with E-state index in [-0.39, 0.29) is 28.2 Å². The second kappa shape index (κ2) is 11.6. The lowest BCUT2D eigenvalue weighted by Crippen LogP contribution is -2.37. The number of thioether (sulfide) groups is 1. The number of methoxy groups -OCH3 is 1. The van der Waals surface area contributed by atoms with Crippen LogP contribution in [-0.2, 0) is 4.79 Å². The van der Waals surface area contributed by atoms with E-state index in [1.54, 1.807) is 23.0 Å². The van der Waals surface area contributed by atoms with Gasteiger partial charge in [-0.25, -0.2) is 13.8 Å². The van der Waals surface area contributed by atoms with Crippen molar-refractivity contribution in [1.29, 1.82) is 0 Å². The van der Waals surface area contributed by atoms with Crippen LogP contribution < -0.4 is 15.0 Å². The van der Waals surface area contributed by atoms with Gasteiger partial charge >= 0.3 is 0 Å². The Morgan fingerprint density at radius 3 is 2.67 bits per heavy atom. The first-order chi connectivity index (χ1) is 20.7. The number of carbonyl (C=O) groups is 2. The molecule has 1 saturated heterocycles. The van der Waals surface area contributed by atoms with Gasteiger partial charge in [-0.3, -0.25) is 29.8 Å². The molecule has 1 atom stereocenters. The minimum absolute atomic E-state index is 0.0261. The number of amides is 2. The minimum atomic E-state index is -2.84. The molecule has 9 nitrogen and oxygen atoms in total. The number of amidine groups is 1. The van der Waals surface area contributed by atoms with Gasteiger partial charge in [-0.2, -0.15) is 5.10 Å². The Hall–Kier alpha value is -3.98. The molecule has 224 valence electrons. The molecular formula is C31H32F2N6O3S. The van der Waals surface area contributed by atoms with E-state index >= 15 is 0 Å². The number of pyridine rings is 2. The number of halogens is 2. The first-order valence-corrected chi connectivity index (χ1v) is 15.2. The molecule has 12 heteroatoms. The summed E-state index contributed by atoms with van der Waals surface area (Å²) in [5, 5.41) is 9.08. The molecule has 43 heavy (non-hydrogen) atoms. The molecule has 0 aromatic carbocycles. The molecule has 2 aliphatic heterocycles. The highest BCUT2D eigenvalue weighted by Gasteiger charge is 2.55. The summed E-state index contributed by atoms with van der Waals surface area (Å²) in [6.45, 7) is 2.42.